The van der Waals surface area contributed by atoms with Crippen LogP contribution in [0, 0.1) is 17.3 Å². The Morgan fingerprint density at radius 3 is 2.91 bits per heavy atom. The van der Waals surface area contributed by atoms with E-state index in [1.165, 1.54) is 12.8 Å². The molecule has 4 rings (SSSR count). The maximum atomic E-state index is 12.4. The molecule has 0 bridgehead atoms. The second-order valence-electron chi connectivity index (χ2n) is 7.86. The summed E-state index contributed by atoms with van der Waals surface area (Å²) in [5.74, 6) is 1.62. The van der Waals surface area contributed by atoms with Gasteiger partial charge in [0.25, 0.3) is 0 Å². The van der Waals surface area contributed by atoms with E-state index in [0.29, 0.717) is 18.4 Å². The standard InChI is InChI=1S/C17H26N4O2/c1-17(5-6-17)16(22)20-7-4-14(8-20)9-21-10-15(18-19-21)12-23-11-13-2-3-13/h10,13-14H,2-9,11-12H2,1H3. The van der Waals surface area contributed by atoms with Crippen LogP contribution in [-0.4, -0.2) is 45.5 Å². The zero-order valence-corrected chi connectivity index (χ0v) is 13.9. The number of hydrogen-bond donors (Lipinski definition) is 0. The summed E-state index contributed by atoms with van der Waals surface area (Å²) in [4.78, 5) is 14.4. The number of carbonyl (C=O) groups is 1. The number of rotatable bonds is 7. The number of aromatic nitrogens is 3. The molecule has 3 aliphatic rings. The third-order valence-corrected chi connectivity index (χ3v) is 5.42. The van der Waals surface area contributed by atoms with Crippen LogP contribution in [0.2, 0.25) is 0 Å². The smallest absolute Gasteiger partial charge is 0.228 e. The summed E-state index contributed by atoms with van der Waals surface area (Å²) in [5, 5.41) is 8.39. The summed E-state index contributed by atoms with van der Waals surface area (Å²) in [7, 11) is 0. The van der Waals surface area contributed by atoms with E-state index in [1.807, 2.05) is 15.8 Å². The molecule has 2 aliphatic carbocycles. The van der Waals surface area contributed by atoms with Crippen molar-refractivity contribution in [2.45, 2.75) is 52.2 Å². The van der Waals surface area contributed by atoms with E-state index in [2.05, 4.69) is 17.2 Å². The van der Waals surface area contributed by atoms with Gasteiger partial charge in [0.15, 0.2) is 0 Å². The molecule has 1 aliphatic heterocycles. The molecule has 0 aromatic carbocycles. The van der Waals surface area contributed by atoms with Crippen molar-refractivity contribution in [1.29, 1.82) is 0 Å². The maximum absolute atomic E-state index is 12.4. The monoisotopic (exact) mass is 318 g/mol. The van der Waals surface area contributed by atoms with Crippen molar-refractivity contribution >= 4 is 5.91 Å². The van der Waals surface area contributed by atoms with Crippen molar-refractivity contribution in [3.63, 3.8) is 0 Å². The van der Waals surface area contributed by atoms with Gasteiger partial charge in [-0.2, -0.15) is 0 Å². The molecule has 2 saturated carbocycles. The molecule has 1 saturated heterocycles. The summed E-state index contributed by atoms with van der Waals surface area (Å²) >= 11 is 0. The Labute approximate surface area is 137 Å². The third-order valence-electron chi connectivity index (χ3n) is 5.42. The van der Waals surface area contributed by atoms with Crippen LogP contribution < -0.4 is 0 Å². The van der Waals surface area contributed by atoms with Gasteiger partial charge in [0, 0.05) is 31.7 Å². The van der Waals surface area contributed by atoms with E-state index >= 15 is 0 Å². The average molecular weight is 318 g/mol. The minimum absolute atomic E-state index is 0.0474. The molecular formula is C17H26N4O2. The Bertz CT molecular complexity index is 577. The van der Waals surface area contributed by atoms with Crippen molar-refractivity contribution in [2.24, 2.45) is 17.3 Å². The van der Waals surface area contributed by atoms with Crippen molar-refractivity contribution < 1.29 is 9.53 Å². The Hall–Kier alpha value is -1.43. The van der Waals surface area contributed by atoms with Crippen LogP contribution in [0.15, 0.2) is 6.20 Å². The molecule has 23 heavy (non-hydrogen) atoms. The van der Waals surface area contributed by atoms with Gasteiger partial charge in [0.05, 0.1) is 12.8 Å². The van der Waals surface area contributed by atoms with Gasteiger partial charge in [-0.3, -0.25) is 9.48 Å². The molecule has 6 nitrogen and oxygen atoms in total. The minimum atomic E-state index is -0.0474. The first-order chi connectivity index (χ1) is 11.1. The second kappa shape index (κ2) is 5.89. The van der Waals surface area contributed by atoms with Gasteiger partial charge in [-0.1, -0.05) is 12.1 Å². The molecule has 6 heteroatoms. The SMILES string of the molecule is CC1(C(=O)N2CCC(Cn3cc(COCC4CC4)nn3)C2)CC1. The van der Waals surface area contributed by atoms with Crippen molar-refractivity contribution in [3.8, 4) is 0 Å². The molecule has 1 amide bonds. The summed E-state index contributed by atoms with van der Waals surface area (Å²) < 4.78 is 7.56. The van der Waals surface area contributed by atoms with Crippen molar-refractivity contribution in [3.05, 3.63) is 11.9 Å². The van der Waals surface area contributed by atoms with Crippen LogP contribution >= 0.6 is 0 Å². The van der Waals surface area contributed by atoms with E-state index < -0.39 is 0 Å². The molecule has 1 aromatic heterocycles. The van der Waals surface area contributed by atoms with Gasteiger partial charge in [-0.25, -0.2) is 0 Å². The fourth-order valence-electron chi connectivity index (χ4n) is 3.32. The first-order valence-corrected chi connectivity index (χ1v) is 8.88. The molecule has 1 unspecified atom stereocenters. The molecule has 126 valence electrons. The van der Waals surface area contributed by atoms with E-state index in [0.717, 1.165) is 57.1 Å². The maximum Gasteiger partial charge on any atom is 0.228 e. The molecule has 3 fully saturated rings. The Morgan fingerprint density at radius 2 is 2.17 bits per heavy atom. The predicted octanol–water partition coefficient (Wildman–Crippen LogP) is 1.85. The zero-order valence-electron chi connectivity index (χ0n) is 13.9. The van der Waals surface area contributed by atoms with Crippen LogP contribution in [0.1, 0.15) is 44.7 Å². The number of hydrogen-bond acceptors (Lipinski definition) is 4. The van der Waals surface area contributed by atoms with Crippen LogP contribution in [-0.2, 0) is 22.7 Å². The Kier molecular flexibility index (Phi) is 3.87. The topological polar surface area (TPSA) is 60.2 Å². The highest BCUT2D eigenvalue weighted by Crippen LogP contribution is 2.47. The molecule has 1 aromatic rings. The van der Waals surface area contributed by atoms with E-state index in [4.69, 9.17) is 4.74 Å². The van der Waals surface area contributed by atoms with Crippen LogP contribution in [0.25, 0.3) is 0 Å². The Morgan fingerprint density at radius 1 is 1.35 bits per heavy atom. The highest BCUT2D eigenvalue weighted by molar-refractivity contribution is 5.85. The zero-order chi connectivity index (χ0) is 15.9. The summed E-state index contributed by atoms with van der Waals surface area (Å²) in [5.41, 5.74) is 0.857. The molecule has 0 N–H and O–H groups in total. The van der Waals surface area contributed by atoms with E-state index in [-0.39, 0.29) is 5.41 Å². The van der Waals surface area contributed by atoms with Gasteiger partial charge in [-0.05, 0) is 43.9 Å². The highest BCUT2D eigenvalue weighted by Gasteiger charge is 2.48. The second-order valence-corrected chi connectivity index (χ2v) is 7.86. The number of carbonyl (C=O) groups excluding carboxylic acids is 1. The summed E-state index contributed by atoms with van der Waals surface area (Å²) in [6.45, 7) is 6.10. The lowest BCUT2D eigenvalue weighted by Gasteiger charge is -2.20. The van der Waals surface area contributed by atoms with Crippen molar-refractivity contribution in [1.82, 2.24) is 19.9 Å². The first kappa shape index (κ1) is 15.1. The molecule has 0 radical (unpaired) electrons. The number of amides is 1. The largest absolute Gasteiger partial charge is 0.375 e. The fraction of sp³-hybridized carbons (Fsp3) is 0.824. The fourth-order valence-corrected chi connectivity index (χ4v) is 3.32. The minimum Gasteiger partial charge on any atom is -0.375 e. The molecule has 2 heterocycles. The van der Waals surface area contributed by atoms with Gasteiger partial charge < -0.3 is 9.64 Å². The third kappa shape index (κ3) is 3.57. The van der Waals surface area contributed by atoms with Crippen LogP contribution in [0.3, 0.4) is 0 Å². The molecule has 0 spiro atoms. The van der Waals surface area contributed by atoms with Crippen molar-refractivity contribution in [2.75, 3.05) is 19.7 Å². The van der Waals surface area contributed by atoms with Gasteiger partial charge in [-0.15, -0.1) is 5.10 Å². The quantitative estimate of drug-likeness (QED) is 0.770. The lowest BCUT2D eigenvalue weighted by molar-refractivity contribution is -0.135. The Balaban J connectivity index is 1.24. The number of nitrogens with zero attached hydrogens (tertiary/aromatic N) is 4. The van der Waals surface area contributed by atoms with Gasteiger partial charge >= 0.3 is 0 Å². The number of ether oxygens (including phenoxy) is 1. The van der Waals surface area contributed by atoms with Gasteiger partial charge in [0.1, 0.15) is 5.69 Å². The van der Waals surface area contributed by atoms with Gasteiger partial charge in [0.2, 0.25) is 5.91 Å². The highest BCUT2D eigenvalue weighted by atomic mass is 16.5. The molecular weight excluding hydrogens is 292 g/mol. The first-order valence-electron chi connectivity index (χ1n) is 8.88. The lowest BCUT2D eigenvalue weighted by Crippen LogP contribution is -2.34. The van der Waals surface area contributed by atoms with E-state index in [9.17, 15) is 4.79 Å². The average Bonchev–Trinajstić information content (AvgIpc) is 3.41. The summed E-state index contributed by atoms with van der Waals surface area (Å²) in [6.07, 6.45) is 7.78. The normalized spacial score (nSPS) is 25.8. The number of likely N-dealkylation sites (tertiary alicyclic amines) is 1. The van der Waals surface area contributed by atoms with Crippen LogP contribution in [0.4, 0.5) is 0 Å². The van der Waals surface area contributed by atoms with E-state index in [1.54, 1.807) is 0 Å². The molecule has 1 atom stereocenters. The predicted molar refractivity (Wildman–Crippen MR) is 84.4 cm³/mol. The summed E-state index contributed by atoms with van der Waals surface area (Å²) in [6, 6.07) is 0. The van der Waals surface area contributed by atoms with Crippen LogP contribution in [0.5, 0.6) is 0 Å². The lowest BCUT2D eigenvalue weighted by atomic mass is 10.1.